The van der Waals surface area contributed by atoms with E-state index in [0.717, 1.165) is 18.2 Å². The summed E-state index contributed by atoms with van der Waals surface area (Å²) < 4.78 is 59.9. The first-order chi connectivity index (χ1) is 8.21. The first kappa shape index (κ1) is 14.2. The lowest BCUT2D eigenvalue weighted by molar-refractivity contribution is -0.169. The summed E-state index contributed by atoms with van der Waals surface area (Å²) in [5.41, 5.74) is 0. The summed E-state index contributed by atoms with van der Waals surface area (Å²) in [5.74, 6) is -2.59. The molecule has 0 aliphatic rings. The number of hydrogen-bond acceptors (Lipinski definition) is 4. The van der Waals surface area contributed by atoms with Gasteiger partial charge in [-0.3, -0.25) is 4.79 Å². The van der Waals surface area contributed by atoms with Crippen LogP contribution < -0.4 is 0 Å². The second-order valence-corrected chi connectivity index (χ2v) is 5.26. The van der Waals surface area contributed by atoms with Crippen molar-refractivity contribution in [1.29, 1.82) is 5.26 Å². The molecule has 0 radical (unpaired) electrons. The third kappa shape index (κ3) is 2.68. The summed E-state index contributed by atoms with van der Waals surface area (Å²) in [6, 6.07) is 6.93. The number of Topliss-reactive ketones (excluding diaryl/α,β-unsaturated/α-hetero) is 1. The highest BCUT2D eigenvalue weighted by Gasteiger charge is 2.49. The van der Waals surface area contributed by atoms with Crippen LogP contribution in [0.3, 0.4) is 0 Å². The van der Waals surface area contributed by atoms with Gasteiger partial charge in [0.15, 0.2) is 0 Å². The molecule has 96 valence electrons. The maximum absolute atomic E-state index is 12.2. The van der Waals surface area contributed by atoms with E-state index in [9.17, 15) is 26.4 Å². The minimum Gasteiger partial charge on any atom is -0.287 e. The number of ketones is 1. The molecule has 0 N–H and O–H groups in total. The Morgan fingerprint density at radius 2 is 1.72 bits per heavy atom. The highest BCUT2D eigenvalue weighted by molar-refractivity contribution is 7.93. The first-order valence-electron chi connectivity index (χ1n) is 4.51. The van der Waals surface area contributed by atoms with E-state index < -0.39 is 31.9 Å². The second-order valence-electron chi connectivity index (χ2n) is 3.23. The van der Waals surface area contributed by atoms with Gasteiger partial charge in [-0.1, -0.05) is 18.2 Å². The number of halogens is 3. The fourth-order valence-electron chi connectivity index (χ4n) is 1.16. The molecule has 1 unspecified atom stereocenters. The molecule has 0 amide bonds. The maximum atomic E-state index is 12.2. The number of benzene rings is 1. The van der Waals surface area contributed by atoms with E-state index in [0.29, 0.717) is 0 Å². The maximum Gasteiger partial charge on any atom is 0.452 e. The van der Waals surface area contributed by atoms with E-state index in [1.54, 1.807) is 0 Å². The number of sulfone groups is 1. The van der Waals surface area contributed by atoms with Crippen molar-refractivity contribution in [3.05, 3.63) is 30.3 Å². The molecule has 1 aromatic carbocycles. The fraction of sp³-hybridized carbons (Fsp3) is 0.200. The van der Waals surface area contributed by atoms with Gasteiger partial charge in [0.2, 0.25) is 15.1 Å². The normalized spacial score (nSPS) is 13.7. The van der Waals surface area contributed by atoms with Crippen molar-refractivity contribution in [2.75, 3.05) is 0 Å². The van der Waals surface area contributed by atoms with Gasteiger partial charge in [0.1, 0.15) is 0 Å². The van der Waals surface area contributed by atoms with E-state index in [-0.39, 0.29) is 0 Å². The molecule has 0 aromatic heterocycles. The van der Waals surface area contributed by atoms with Gasteiger partial charge >= 0.3 is 6.18 Å². The molecular weight excluding hydrogens is 271 g/mol. The Bertz CT molecular complexity index is 587. The zero-order chi connectivity index (χ0) is 14.0. The monoisotopic (exact) mass is 277 g/mol. The zero-order valence-corrected chi connectivity index (χ0v) is 9.49. The number of alkyl halides is 3. The molecule has 1 atom stereocenters. The molecule has 1 rings (SSSR count). The highest BCUT2D eigenvalue weighted by Crippen LogP contribution is 2.24. The molecule has 0 aliphatic carbocycles. The molecule has 0 spiro atoms. The molecule has 0 heterocycles. The minimum atomic E-state index is -5.37. The van der Waals surface area contributed by atoms with Crippen LogP contribution in [0.5, 0.6) is 0 Å². The number of carbonyl (C=O) groups excluding carboxylic acids is 1. The van der Waals surface area contributed by atoms with Gasteiger partial charge in [0.25, 0.3) is 5.78 Å². The Morgan fingerprint density at radius 3 is 2.11 bits per heavy atom. The average Bonchev–Trinajstić information content (AvgIpc) is 2.29. The third-order valence-corrected chi connectivity index (χ3v) is 3.89. The lowest BCUT2D eigenvalue weighted by Gasteiger charge is -2.11. The Kier molecular flexibility index (Phi) is 3.76. The summed E-state index contributed by atoms with van der Waals surface area (Å²) in [6.07, 6.45) is -5.37. The standard InChI is InChI=1S/C10H6F3NO3S/c11-10(12,13)9(15)8(6-14)18(16,17)7-4-2-1-3-5-7/h1-5,8H. The van der Waals surface area contributed by atoms with E-state index in [1.807, 2.05) is 0 Å². The van der Waals surface area contributed by atoms with Crippen LogP contribution in [0.25, 0.3) is 0 Å². The Labute approximate surface area is 101 Å². The fourth-order valence-corrected chi connectivity index (χ4v) is 2.53. The summed E-state index contributed by atoms with van der Waals surface area (Å²) in [5, 5.41) is 5.73. The number of nitrogens with zero attached hydrogens (tertiary/aromatic N) is 1. The van der Waals surface area contributed by atoms with Crippen molar-refractivity contribution in [1.82, 2.24) is 0 Å². The lowest BCUT2D eigenvalue weighted by atomic mass is 10.3. The predicted molar refractivity (Wildman–Crippen MR) is 54.1 cm³/mol. The van der Waals surface area contributed by atoms with Crippen LogP contribution in [0.2, 0.25) is 0 Å². The van der Waals surface area contributed by atoms with E-state index >= 15 is 0 Å². The molecule has 0 bridgehead atoms. The molecular formula is C10H6F3NO3S. The Hall–Kier alpha value is -1.88. The molecule has 18 heavy (non-hydrogen) atoms. The molecule has 1 aromatic rings. The van der Waals surface area contributed by atoms with Crippen LogP contribution in [0.15, 0.2) is 35.2 Å². The average molecular weight is 277 g/mol. The van der Waals surface area contributed by atoms with Crippen molar-refractivity contribution in [3.63, 3.8) is 0 Å². The van der Waals surface area contributed by atoms with Crippen LogP contribution in [-0.4, -0.2) is 25.6 Å². The van der Waals surface area contributed by atoms with Crippen molar-refractivity contribution >= 4 is 15.6 Å². The van der Waals surface area contributed by atoms with Crippen molar-refractivity contribution in [2.45, 2.75) is 16.3 Å². The molecule has 0 fully saturated rings. The van der Waals surface area contributed by atoms with Gasteiger partial charge < -0.3 is 0 Å². The summed E-state index contributed by atoms with van der Waals surface area (Å²) in [7, 11) is -4.66. The number of carbonyl (C=O) groups is 1. The smallest absolute Gasteiger partial charge is 0.287 e. The third-order valence-electron chi connectivity index (χ3n) is 2.02. The Morgan fingerprint density at radius 1 is 1.22 bits per heavy atom. The summed E-state index contributed by atoms with van der Waals surface area (Å²) in [6.45, 7) is 0. The van der Waals surface area contributed by atoms with Crippen LogP contribution in [0.1, 0.15) is 0 Å². The summed E-state index contributed by atoms with van der Waals surface area (Å²) in [4.78, 5) is 10.4. The van der Waals surface area contributed by atoms with Gasteiger partial charge in [-0.25, -0.2) is 8.42 Å². The first-order valence-corrected chi connectivity index (χ1v) is 6.05. The number of nitriles is 1. The van der Waals surface area contributed by atoms with Crippen LogP contribution in [0, 0.1) is 11.3 Å². The van der Waals surface area contributed by atoms with Gasteiger partial charge in [-0.2, -0.15) is 18.4 Å². The quantitative estimate of drug-likeness (QED) is 0.838. The van der Waals surface area contributed by atoms with Gasteiger partial charge in [-0.15, -0.1) is 0 Å². The van der Waals surface area contributed by atoms with Crippen LogP contribution in [-0.2, 0) is 14.6 Å². The molecule has 4 nitrogen and oxygen atoms in total. The van der Waals surface area contributed by atoms with Gasteiger partial charge in [0.05, 0.1) is 11.0 Å². The largest absolute Gasteiger partial charge is 0.452 e. The Balaban J connectivity index is 3.28. The second kappa shape index (κ2) is 4.78. The van der Waals surface area contributed by atoms with E-state index in [2.05, 4.69) is 0 Å². The number of rotatable bonds is 3. The van der Waals surface area contributed by atoms with Gasteiger partial charge in [-0.05, 0) is 12.1 Å². The highest BCUT2D eigenvalue weighted by atomic mass is 32.2. The topological polar surface area (TPSA) is 75.0 Å². The van der Waals surface area contributed by atoms with Crippen molar-refractivity contribution in [2.24, 2.45) is 0 Å². The molecule has 0 saturated carbocycles. The van der Waals surface area contributed by atoms with Crippen LogP contribution >= 0.6 is 0 Å². The van der Waals surface area contributed by atoms with E-state index in [4.69, 9.17) is 5.26 Å². The van der Waals surface area contributed by atoms with Crippen molar-refractivity contribution in [3.8, 4) is 6.07 Å². The molecule has 0 aliphatic heterocycles. The number of hydrogen-bond donors (Lipinski definition) is 0. The SMILES string of the molecule is N#CC(C(=O)C(F)(F)F)S(=O)(=O)c1ccccc1. The van der Waals surface area contributed by atoms with E-state index in [1.165, 1.54) is 18.2 Å². The predicted octanol–water partition coefficient (Wildman–Crippen LogP) is 1.48. The zero-order valence-electron chi connectivity index (χ0n) is 8.68. The molecule has 8 heteroatoms. The summed E-state index contributed by atoms with van der Waals surface area (Å²) >= 11 is 0. The van der Waals surface area contributed by atoms with Crippen molar-refractivity contribution < 1.29 is 26.4 Å². The van der Waals surface area contributed by atoms with Crippen LogP contribution in [0.4, 0.5) is 13.2 Å². The van der Waals surface area contributed by atoms with Gasteiger partial charge in [0, 0.05) is 0 Å². The lowest BCUT2D eigenvalue weighted by Crippen LogP contribution is -2.38. The minimum absolute atomic E-state index is 0.505. The molecule has 0 saturated heterocycles.